The van der Waals surface area contributed by atoms with E-state index in [9.17, 15) is 8.42 Å². The lowest BCUT2D eigenvalue weighted by molar-refractivity contribution is 0.157. The Morgan fingerprint density at radius 3 is 2.50 bits per heavy atom. The predicted octanol–water partition coefficient (Wildman–Crippen LogP) is 0.527. The summed E-state index contributed by atoms with van der Waals surface area (Å²) in [5.74, 6) is 0.111. The molecule has 0 saturated carbocycles. The first-order chi connectivity index (χ1) is 8.29. The van der Waals surface area contributed by atoms with Crippen molar-refractivity contribution in [1.82, 2.24) is 19.7 Å². The molecule has 1 heterocycles. The molecule has 1 rings (SSSR count). The number of ether oxygens (including phenoxy) is 1. The van der Waals surface area contributed by atoms with Crippen LogP contribution in [0.15, 0.2) is 9.63 Å². The van der Waals surface area contributed by atoms with Crippen LogP contribution >= 0.6 is 15.9 Å². The highest BCUT2D eigenvalue weighted by Gasteiger charge is 2.28. The monoisotopic (exact) mass is 340 g/mol. The first-order valence-corrected chi connectivity index (χ1v) is 7.63. The topological polar surface area (TPSA) is 86.1 Å². The smallest absolute Gasteiger partial charge is 0.260 e. The summed E-state index contributed by atoms with van der Waals surface area (Å²) in [5, 5.41) is 7.31. The van der Waals surface area contributed by atoms with Gasteiger partial charge in [-0.1, -0.05) is 19.1 Å². The Morgan fingerprint density at radius 1 is 1.50 bits per heavy atom. The maximum atomic E-state index is 12.2. The second-order valence-corrected chi connectivity index (χ2v) is 6.62. The summed E-state index contributed by atoms with van der Waals surface area (Å²) in [4.78, 5) is 0. The molecule has 104 valence electrons. The van der Waals surface area contributed by atoms with Crippen molar-refractivity contribution in [3.63, 3.8) is 0 Å². The minimum Gasteiger partial charge on any atom is -0.383 e. The number of aromatic nitrogens is 3. The fraction of sp³-hybridized carbons (Fsp3) is 0.778. The summed E-state index contributed by atoms with van der Waals surface area (Å²) >= 11 is 3.07. The van der Waals surface area contributed by atoms with Gasteiger partial charge in [-0.15, -0.1) is 5.10 Å². The lowest BCUT2D eigenvalue weighted by atomic mass is 10.1. The summed E-state index contributed by atoms with van der Waals surface area (Å²) in [6.45, 7) is 4.14. The molecule has 0 aromatic carbocycles. The van der Waals surface area contributed by atoms with E-state index in [4.69, 9.17) is 4.74 Å². The van der Waals surface area contributed by atoms with Gasteiger partial charge in [0.2, 0.25) is 5.03 Å². The Morgan fingerprint density at radius 2 is 2.11 bits per heavy atom. The molecule has 9 heteroatoms. The van der Waals surface area contributed by atoms with Crippen LogP contribution in [0.1, 0.15) is 13.8 Å². The summed E-state index contributed by atoms with van der Waals surface area (Å²) in [6, 6.07) is -0.304. The average molecular weight is 341 g/mol. The number of hydrogen-bond acceptors (Lipinski definition) is 5. The number of hydrogen-bond donors (Lipinski definition) is 1. The average Bonchev–Trinajstić information content (AvgIpc) is 2.58. The number of nitrogens with zero attached hydrogens (tertiary/aromatic N) is 3. The van der Waals surface area contributed by atoms with Crippen LogP contribution in [0.4, 0.5) is 0 Å². The number of rotatable bonds is 6. The van der Waals surface area contributed by atoms with Crippen molar-refractivity contribution < 1.29 is 13.2 Å². The van der Waals surface area contributed by atoms with Crippen LogP contribution in [0.25, 0.3) is 0 Å². The molecule has 1 N–H and O–H groups in total. The van der Waals surface area contributed by atoms with Crippen molar-refractivity contribution in [2.24, 2.45) is 13.0 Å². The molecule has 1 aromatic rings. The third-order valence-corrected chi connectivity index (χ3v) is 4.83. The standard InChI is InChI=1S/C9H17BrN4O3S/c1-6(2)7(5-17-4)12-18(15,16)9-8(10)11-13-14(9)3/h6-7,12H,5H2,1-4H3. The van der Waals surface area contributed by atoms with Crippen LogP contribution in [0.5, 0.6) is 0 Å². The third-order valence-electron chi connectivity index (χ3n) is 2.45. The lowest BCUT2D eigenvalue weighted by Crippen LogP contribution is -2.42. The molecule has 0 bridgehead atoms. The van der Waals surface area contributed by atoms with Crippen molar-refractivity contribution in [2.75, 3.05) is 13.7 Å². The van der Waals surface area contributed by atoms with Gasteiger partial charge in [0.1, 0.15) is 0 Å². The van der Waals surface area contributed by atoms with E-state index in [0.717, 1.165) is 0 Å². The quantitative estimate of drug-likeness (QED) is 0.816. The number of aryl methyl sites for hydroxylation is 1. The highest BCUT2D eigenvalue weighted by atomic mass is 79.9. The second-order valence-electron chi connectivity index (χ2n) is 4.24. The van der Waals surface area contributed by atoms with Gasteiger partial charge in [-0.2, -0.15) is 0 Å². The Bertz CT molecular complexity index is 480. The summed E-state index contributed by atoms with van der Waals surface area (Å²) in [5.41, 5.74) is 0. The normalized spacial score (nSPS) is 14.1. The molecule has 0 saturated heterocycles. The Labute approximate surface area is 115 Å². The summed E-state index contributed by atoms with van der Waals surface area (Å²) in [7, 11) is -0.630. The molecular formula is C9H17BrN4O3S. The van der Waals surface area contributed by atoms with Gasteiger partial charge in [-0.3, -0.25) is 0 Å². The van der Waals surface area contributed by atoms with E-state index >= 15 is 0 Å². The van der Waals surface area contributed by atoms with Crippen LogP contribution < -0.4 is 4.72 Å². The van der Waals surface area contributed by atoms with Crippen LogP contribution in [0.3, 0.4) is 0 Å². The van der Waals surface area contributed by atoms with Gasteiger partial charge in [0.05, 0.1) is 6.61 Å². The lowest BCUT2D eigenvalue weighted by Gasteiger charge is -2.21. The molecule has 1 unspecified atom stereocenters. The van der Waals surface area contributed by atoms with Crippen molar-refractivity contribution in [3.8, 4) is 0 Å². The van der Waals surface area contributed by atoms with Gasteiger partial charge < -0.3 is 4.74 Å². The van der Waals surface area contributed by atoms with E-state index in [1.54, 1.807) is 0 Å². The SMILES string of the molecule is COCC(NS(=O)(=O)c1c(Br)nnn1C)C(C)C. The molecule has 0 aliphatic heterocycles. The van der Waals surface area contributed by atoms with Crippen LogP contribution in [-0.2, 0) is 21.8 Å². The van der Waals surface area contributed by atoms with Gasteiger partial charge in [0, 0.05) is 20.2 Å². The van der Waals surface area contributed by atoms with E-state index in [1.165, 1.54) is 18.8 Å². The van der Waals surface area contributed by atoms with E-state index in [2.05, 4.69) is 31.0 Å². The molecule has 0 fully saturated rings. The van der Waals surface area contributed by atoms with Crippen LogP contribution in [0.2, 0.25) is 0 Å². The van der Waals surface area contributed by atoms with E-state index in [-0.39, 0.29) is 21.6 Å². The number of nitrogens with one attached hydrogen (secondary N) is 1. The fourth-order valence-corrected chi connectivity index (χ4v) is 3.87. The van der Waals surface area contributed by atoms with Gasteiger partial charge in [0.25, 0.3) is 10.0 Å². The van der Waals surface area contributed by atoms with Gasteiger partial charge in [-0.25, -0.2) is 17.8 Å². The summed E-state index contributed by atoms with van der Waals surface area (Å²) in [6.07, 6.45) is 0. The van der Waals surface area contributed by atoms with Gasteiger partial charge in [0.15, 0.2) is 4.60 Å². The highest BCUT2D eigenvalue weighted by Crippen LogP contribution is 2.18. The van der Waals surface area contributed by atoms with E-state index in [0.29, 0.717) is 6.61 Å². The zero-order valence-electron chi connectivity index (χ0n) is 10.7. The van der Waals surface area contributed by atoms with Gasteiger partial charge in [-0.05, 0) is 21.8 Å². The minimum atomic E-state index is -3.68. The molecule has 0 spiro atoms. The number of methoxy groups -OCH3 is 1. The molecule has 1 aromatic heterocycles. The maximum Gasteiger partial charge on any atom is 0.260 e. The minimum absolute atomic E-state index is 0.00394. The molecule has 0 aliphatic carbocycles. The second kappa shape index (κ2) is 6.09. The number of sulfonamides is 1. The molecule has 0 radical (unpaired) electrons. The molecule has 0 amide bonds. The Balaban J connectivity index is 3.01. The fourth-order valence-electron chi connectivity index (χ4n) is 1.41. The molecule has 0 aliphatic rings. The molecular weight excluding hydrogens is 324 g/mol. The Kier molecular flexibility index (Phi) is 5.26. The van der Waals surface area contributed by atoms with Crippen LogP contribution in [-0.4, -0.2) is 43.2 Å². The van der Waals surface area contributed by atoms with Crippen LogP contribution in [0, 0.1) is 5.92 Å². The summed E-state index contributed by atoms with van der Waals surface area (Å²) < 4.78 is 33.5. The van der Waals surface area contributed by atoms with Crippen molar-refractivity contribution in [2.45, 2.75) is 24.9 Å². The predicted molar refractivity (Wildman–Crippen MR) is 69.5 cm³/mol. The molecule has 18 heavy (non-hydrogen) atoms. The first-order valence-electron chi connectivity index (χ1n) is 5.36. The maximum absolute atomic E-state index is 12.2. The van der Waals surface area contributed by atoms with E-state index < -0.39 is 10.0 Å². The molecule has 1 atom stereocenters. The van der Waals surface area contributed by atoms with Crippen molar-refractivity contribution in [1.29, 1.82) is 0 Å². The largest absolute Gasteiger partial charge is 0.383 e. The first kappa shape index (κ1) is 15.5. The van der Waals surface area contributed by atoms with Gasteiger partial charge >= 0.3 is 0 Å². The highest BCUT2D eigenvalue weighted by molar-refractivity contribution is 9.10. The Hall–Kier alpha value is -0.510. The third kappa shape index (κ3) is 3.50. The zero-order valence-corrected chi connectivity index (χ0v) is 13.1. The van der Waals surface area contributed by atoms with E-state index in [1.807, 2.05) is 13.8 Å². The zero-order chi connectivity index (χ0) is 13.9. The van der Waals surface area contributed by atoms with Crippen molar-refractivity contribution in [3.05, 3.63) is 4.60 Å². The molecule has 7 nitrogen and oxygen atoms in total. The van der Waals surface area contributed by atoms with Crippen molar-refractivity contribution >= 4 is 26.0 Å². The number of halogens is 1.